The molecule has 31 heteroatoms. The number of hydrogen-bond acceptors (Lipinski definition) is 31. The van der Waals surface area contributed by atoms with E-state index in [2.05, 4.69) is 0 Å². The van der Waals surface area contributed by atoms with Crippen molar-refractivity contribution >= 4 is 0 Å². The van der Waals surface area contributed by atoms with Crippen molar-refractivity contribution in [2.75, 3.05) is 39.6 Å². The van der Waals surface area contributed by atoms with Gasteiger partial charge in [0.1, 0.15) is 146 Å². The van der Waals surface area contributed by atoms with E-state index in [0.717, 1.165) is 0 Å². The van der Waals surface area contributed by atoms with Crippen molar-refractivity contribution in [3.63, 3.8) is 0 Å². The second-order valence-electron chi connectivity index (χ2n) is 17.0. The Morgan fingerprint density at radius 2 is 0.418 bits per heavy atom. The maximum atomic E-state index is 10.7. The quantitative estimate of drug-likeness (QED) is 0.0683. The van der Waals surface area contributed by atoms with Crippen molar-refractivity contribution in [1.82, 2.24) is 0 Å². The van der Waals surface area contributed by atoms with E-state index in [1.165, 1.54) is 0 Å². The summed E-state index contributed by atoms with van der Waals surface area (Å²) in [6, 6.07) is 0. The van der Waals surface area contributed by atoms with E-state index in [-0.39, 0.29) is 0 Å². The van der Waals surface area contributed by atoms with E-state index in [1.54, 1.807) is 0 Å². The van der Waals surface area contributed by atoms with Crippen LogP contribution in [0.15, 0.2) is 0 Å². The molecule has 30 atom stereocenters. The number of rotatable bonds is 16. The van der Waals surface area contributed by atoms with Crippen LogP contribution in [0.3, 0.4) is 0 Å². The fraction of sp³-hybridized carbons (Fsp3) is 1.00. The monoisotopic (exact) mass is 990 g/mol. The first-order chi connectivity index (χ1) is 31.6. The Kier molecular flexibility index (Phi) is 19.4. The summed E-state index contributed by atoms with van der Waals surface area (Å²) in [6.45, 7) is -4.51. The Morgan fingerprint density at radius 3 is 0.657 bits per heavy atom. The Bertz CT molecular complexity index is 1510. The van der Waals surface area contributed by atoms with Gasteiger partial charge in [-0.15, -0.1) is 0 Å². The summed E-state index contributed by atoms with van der Waals surface area (Å²) in [4.78, 5) is 0. The first-order valence-electron chi connectivity index (χ1n) is 21.1. The van der Waals surface area contributed by atoms with Gasteiger partial charge in [0.05, 0.1) is 39.6 Å². The first kappa shape index (κ1) is 55.1. The Morgan fingerprint density at radius 1 is 0.224 bits per heavy atom. The normalized spacial score (nSPS) is 53.4. The van der Waals surface area contributed by atoms with Gasteiger partial charge in [0.2, 0.25) is 0 Å². The van der Waals surface area contributed by atoms with Crippen LogP contribution in [0.5, 0.6) is 0 Å². The van der Waals surface area contributed by atoms with Crippen molar-refractivity contribution in [3.05, 3.63) is 0 Å². The van der Waals surface area contributed by atoms with E-state index in [1.807, 2.05) is 0 Å². The van der Waals surface area contributed by atoms with Crippen LogP contribution in [-0.2, 0) is 52.1 Å². The molecule has 6 aliphatic rings. The van der Waals surface area contributed by atoms with Crippen molar-refractivity contribution in [2.24, 2.45) is 0 Å². The van der Waals surface area contributed by atoms with E-state index in [0.29, 0.717) is 0 Å². The fourth-order valence-corrected chi connectivity index (χ4v) is 7.99. The summed E-state index contributed by atoms with van der Waals surface area (Å²) in [5, 5.41) is 206. The molecule has 0 saturated carbocycles. The molecule has 20 N–H and O–H groups in total. The summed E-state index contributed by atoms with van der Waals surface area (Å²) in [5.74, 6) is 0. The minimum absolute atomic E-state index is 0.692. The molecule has 6 heterocycles. The van der Waals surface area contributed by atoms with E-state index >= 15 is 0 Å². The van der Waals surface area contributed by atoms with Crippen LogP contribution in [0.4, 0.5) is 0 Å². The second kappa shape index (κ2) is 23.5. The molecule has 31 nitrogen and oxygen atoms in total. The van der Waals surface area contributed by atoms with Crippen molar-refractivity contribution in [3.8, 4) is 0 Å². The van der Waals surface area contributed by atoms with Crippen LogP contribution < -0.4 is 0 Å². The maximum absolute atomic E-state index is 10.7. The second-order valence-corrected chi connectivity index (χ2v) is 17.0. The Balaban J connectivity index is 1.01. The third-order valence-corrected chi connectivity index (χ3v) is 12.3. The molecule has 6 aliphatic heterocycles. The van der Waals surface area contributed by atoms with Gasteiger partial charge >= 0.3 is 0 Å². The molecular formula is C36H62O31. The molecule has 0 unspecified atom stereocenters. The lowest BCUT2D eigenvalue weighted by atomic mass is 9.97. The summed E-state index contributed by atoms with van der Waals surface area (Å²) < 4.78 is 59.7. The highest BCUT2D eigenvalue weighted by atomic mass is 16.8. The van der Waals surface area contributed by atoms with Gasteiger partial charge in [-0.1, -0.05) is 0 Å². The number of ether oxygens (including phenoxy) is 11. The van der Waals surface area contributed by atoms with Gasteiger partial charge in [0, 0.05) is 0 Å². The smallest absolute Gasteiger partial charge is 0.186 e. The topological polar surface area (TPSA) is 506 Å². The summed E-state index contributed by atoms with van der Waals surface area (Å²) in [5.41, 5.74) is 0. The standard InChI is InChI=1S/C36H62O31/c37-1-7-13(38)20(45)26(51)32(63-7)58-3-9-15(40)22(47)28(53)34(65-9)60-5-11-17(42)24(49)30(55)36(67-11)61-6-12-18(43)23(48)29(54)35(66-12)59-4-10-16(41)21(46)27(52)33(64-10)57-2-8-14(39)19(44)25(50)31(56)62-8/h7-56H,1-6H2/t7-,8-,9-,10-,11-,12-,13-,14-,15-,16-,17-,18-,19+,20+,21+,22+,23+,24+,25-,26-,27-,28-,29-,30-,31+,32+,33+,34+,35+,36+/m1/s1. The molecule has 0 aliphatic carbocycles. The molecule has 6 saturated heterocycles. The third kappa shape index (κ3) is 12.0. The molecule has 0 bridgehead atoms. The molecule has 392 valence electrons. The molecule has 0 aromatic heterocycles. The number of hydrogen-bond donors (Lipinski definition) is 20. The molecule has 0 amide bonds. The van der Waals surface area contributed by atoms with Crippen LogP contribution in [0.2, 0.25) is 0 Å². The average Bonchev–Trinajstić information content (AvgIpc) is 3.31. The summed E-state index contributed by atoms with van der Waals surface area (Å²) >= 11 is 0. The van der Waals surface area contributed by atoms with E-state index in [4.69, 9.17) is 52.1 Å². The molecule has 0 aromatic rings. The Labute approximate surface area is 378 Å². The summed E-state index contributed by atoms with van der Waals surface area (Å²) in [7, 11) is 0. The lowest BCUT2D eigenvalue weighted by molar-refractivity contribution is -0.352. The lowest BCUT2D eigenvalue weighted by Gasteiger charge is -2.44. The van der Waals surface area contributed by atoms with Crippen LogP contribution in [0, 0.1) is 0 Å². The highest BCUT2D eigenvalue weighted by Crippen LogP contribution is 2.31. The first-order valence-corrected chi connectivity index (χ1v) is 21.1. The zero-order valence-corrected chi connectivity index (χ0v) is 35.0. The largest absolute Gasteiger partial charge is 0.394 e. The van der Waals surface area contributed by atoms with Crippen molar-refractivity contribution in [1.29, 1.82) is 0 Å². The molecule has 6 fully saturated rings. The van der Waals surface area contributed by atoms with E-state index in [9.17, 15) is 102 Å². The van der Waals surface area contributed by atoms with Gasteiger partial charge in [-0.05, 0) is 0 Å². The molecule has 6 rings (SSSR count). The molecule has 0 aromatic carbocycles. The van der Waals surface area contributed by atoms with Gasteiger partial charge in [0.25, 0.3) is 0 Å². The minimum Gasteiger partial charge on any atom is -0.394 e. The van der Waals surface area contributed by atoms with Crippen LogP contribution >= 0.6 is 0 Å². The van der Waals surface area contributed by atoms with Crippen molar-refractivity contribution < 1.29 is 154 Å². The van der Waals surface area contributed by atoms with Gasteiger partial charge < -0.3 is 154 Å². The molecule has 0 spiro atoms. The Hall–Kier alpha value is -1.24. The zero-order valence-electron chi connectivity index (χ0n) is 35.0. The van der Waals surface area contributed by atoms with Gasteiger partial charge in [-0.25, -0.2) is 0 Å². The SMILES string of the molecule is OC[C@H]1O[C@H](OC[C@H]2O[C@H](OC[C@H]3O[C@H](OC[C@H]4O[C@H](OC[C@H]5O[C@H](OC[C@H]6O[C@H](O)[C@H](O)[C@@H](O)[C@@H]6O)[C@H](O)[C@@H](O)[C@@H]5O)[C@H](O)[C@@H](O)[C@@H]4O)[C@H](O)[C@@H](O)[C@@H]3O)[C@H](O)[C@@H](O)[C@@H]2O)[C@H](O)[C@@H](O)[C@@H]1O. The minimum atomic E-state index is -2.01. The van der Waals surface area contributed by atoms with Crippen LogP contribution in [0.1, 0.15) is 0 Å². The maximum Gasteiger partial charge on any atom is 0.186 e. The van der Waals surface area contributed by atoms with Gasteiger partial charge in [0.15, 0.2) is 37.7 Å². The molecule has 0 radical (unpaired) electrons. The van der Waals surface area contributed by atoms with E-state index < -0.39 is 224 Å². The predicted molar refractivity (Wildman–Crippen MR) is 199 cm³/mol. The summed E-state index contributed by atoms with van der Waals surface area (Å²) in [6.07, 6.45) is -54.2. The van der Waals surface area contributed by atoms with Crippen LogP contribution in [0.25, 0.3) is 0 Å². The highest BCUT2D eigenvalue weighted by Gasteiger charge is 2.52. The molecule has 67 heavy (non-hydrogen) atoms. The fourth-order valence-electron chi connectivity index (χ4n) is 7.99. The number of aliphatic hydroxyl groups excluding tert-OH is 20. The predicted octanol–water partition coefficient (Wildman–Crippen LogP) is -14.1. The van der Waals surface area contributed by atoms with Crippen LogP contribution in [-0.4, -0.2) is 326 Å². The lowest BCUT2D eigenvalue weighted by Crippen LogP contribution is -2.63. The zero-order chi connectivity index (χ0) is 49.3. The third-order valence-electron chi connectivity index (χ3n) is 12.3. The highest BCUT2D eigenvalue weighted by molar-refractivity contribution is 4.96. The molecular weight excluding hydrogens is 928 g/mol. The number of aliphatic hydroxyl groups is 20. The average molecular weight is 991 g/mol. The van der Waals surface area contributed by atoms with Crippen molar-refractivity contribution in [2.45, 2.75) is 184 Å². The van der Waals surface area contributed by atoms with Gasteiger partial charge in [-0.3, -0.25) is 0 Å². The van der Waals surface area contributed by atoms with Gasteiger partial charge in [-0.2, -0.15) is 0 Å².